The molecule has 0 aliphatic rings. The van der Waals surface area contributed by atoms with Gasteiger partial charge in [0.15, 0.2) is 0 Å². The van der Waals surface area contributed by atoms with Crippen molar-refractivity contribution in [2.75, 3.05) is 10.6 Å². The van der Waals surface area contributed by atoms with Crippen LogP contribution in [-0.2, 0) is 13.1 Å². The highest BCUT2D eigenvalue weighted by molar-refractivity contribution is 5.68. The minimum absolute atomic E-state index is 0.698. The Bertz CT molecular complexity index is 636. The molecule has 0 saturated heterocycles. The van der Waals surface area contributed by atoms with Crippen LogP contribution in [0.2, 0.25) is 0 Å². The number of rotatable bonds is 6. The zero-order valence-corrected chi connectivity index (χ0v) is 12.2. The van der Waals surface area contributed by atoms with Crippen LogP contribution in [0.3, 0.4) is 0 Å². The minimum atomic E-state index is 0.698. The lowest BCUT2D eigenvalue weighted by Gasteiger charge is -2.13. The second-order valence-electron chi connectivity index (χ2n) is 4.89. The number of hydrogen-bond acceptors (Lipinski definition) is 4. The predicted molar refractivity (Wildman–Crippen MR) is 89.6 cm³/mol. The summed E-state index contributed by atoms with van der Waals surface area (Å²) < 4.78 is 0. The van der Waals surface area contributed by atoms with Crippen molar-refractivity contribution in [3.8, 4) is 0 Å². The molecule has 0 aliphatic heterocycles. The number of nitrogens with one attached hydrogen (secondary N) is 2. The van der Waals surface area contributed by atoms with E-state index in [1.165, 1.54) is 0 Å². The fourth-order valence-corrected chi connectivity index (χ4v) is 2.17. The first-order chi connectivity index (χ1) is 10.9. The van der Waals surface area contributed by atoms with Crippen molar-refractivity contribution in [3.63, 3.8) is 0 Å². The van der Waals surface area contributed by atoms with Gasteiger partial charge in [0.05, 0.1) is 35.9 Å². The lowest BCUT2D eigenvalue weighted by atomic mass is 10.2. The Kier molecular flexibility index (Phi) is 4.62. The van der Waals surface area contributed by atoms with Crippen molar-refractivity contribution in [2.45, 2.75) is 13.1 Å². The van der Waals surface area contributed by atoms with Gasteiger partial charge < -0.3 is 10.6 Å². The van der Waals surface area contributed by atoms with E-state index < -0.39 is 0 Å². The van der Waals surface area contributed by atoms with Crippen LogP contribution < -0.4 is 10.6 Å². The fourth-order valence-electron chi connectivity index (χ4n) is 2.17. The van der Waals surface area contributed by atoms with E-state index in [4.69, 9.17) is 0 Å². The molecule has 4 nitrogen and oxygen atoms in total. The van der Waals surface area contributed by atoms with Gasteiger partial charge in [-0.3, -0.25) is 9.97 Å². The van der Waals surface area contributed by atoms with Crippen LogP contribution in [0.1, 0.15) is 11.4 Å². The molecule has 0 bridgehead atoms. The summed E-state index contributed by atoms with van der Waals surface area (Å²) in [6, 6.07) is 20.0. The number of benzene rings is 1. The maximum absolute atomic E-state index is 4.32. The quantitative estimate of drug-likeness (QED) is 0.727. The summed E-state index contributed by atoms with van der Waals surface area (Å²) in [7, 11) is 0. The summed E-state index contributed by atoms with van der Waals surface area (Å²) in [5.41, 5.74) is 4.15. The molecule has 3 rings (SSSR count). The maximum atomic E-state index is 4.32. The zero-order valence-electron chi connectivity index (χ0n) is 12.2. The molecular weight excluding hydrogens is 272 g/mol. The SMILES string of the molecule is c1ccc(CNc2ccccc2NCc2ccccn2)nc1. The van der Waals surface area contributed by atoms with E-state index in [0.29, 0.717) is 13.1 Å². The number of aromatic nitrogens is 2. The number of hydrogen-bond donors (Lipinski definition) is 2. The lowest BCUT2D eigenvalue weighted by molar-refractivity contribution is 1.03. The summed E-state index contributed by atoms with van der Waals surface area (Å²) >= 11 is 0. The van der Waals surface area contributed by atoms with Crippen LogP contribution >= 0.6 is 0 Å². The van der Waals surface area contributed by atoms with Gasteiger partial charge in [-0.05, 0) is 36.4 Å². The molecule has 2 heterocycles. The number of para-hydroxylation sites is 2. The largest absolute Gasteiger partial charge is 0.378 e. The van der Waals surface area contributed by atoms with Gasteiger partial charge in [-0.25, -0.2) is 0 Å². The molecule has 0 spiro atoms. The van der Waals surface area contributed by atoms with Gasteiger partial charge in [0.1, 0.15) is 0 Å². The summed E-state index contributed by atoms with van der Waals surface area (Å²) in [5, 5.41) is 6.84. The van der Waals surface area contributed by atoms with Gasteiger partial charge in [-0.2, -0.15) is 0 Å². The van der Waals surface area contributed by atoms with Crippen LogP contribution in [0.25, 0.3) is 0 Å². The van der Waals surface area contributed by atoms with E-state index in [2.05, 4.69) is 32.7 Å². The highest BCUT2D eigenvalue weighted by Gasteiger charge is 2.02. The minimum Gasteiger partial charge on any atom is -0.378 e. The van der Waals surface area contributed by atoms with E-state index >= 15 is 0 Å². The van der Waals surface area contributed by atoms with E-state index in [0.717, 1.165) is 22.8 Å². The van der Waals surface area contributed by atoms with Crippen molar-refractivity contribution in [3.05, 3.63) is 84.4 Å². The summed E-state index contributed by atoms with van der Waals surface area (Å²) in [4.78, 5) is 8.65. The molecule has 0 radical (unpaired) electrons. The molecule has 110 valence electrons. The van der Waals surface area contributed by atoms with Gasteiger partial charge in [0, 0.05) is 12.4 Å². The normalized spacial score (nSPS) is 10.2. The van der Waals surface area contributed by atoms with Crippen LogP contribution in [0.15, 0.2) is 73.1 Å². The molecule has 1 aromatic carbocycles. The van der Waals surface area contributed by atoms with Gasteiger partial charge in [-0.1, -0.05) is 24.3 Å². The molecule has 3 aromatic rings. The van der Waals surface area contributed by atoms with Crippen molar-refractivity contribution >= 4 is 11.4 Å². The molecule has 0 amide bonds. The Morgan fingerprint density at radius 1 is 0.591 bits per heavy atom. The van der Waals surface area contributed by atoms with Crippen LogP contribution in [-0.4, -0.2) is 9.97 Å². The molecule has 4 heteroatoms. The second kappa shape index (κ2) is 7.22. The van der Waals surface area contributed by atoms with E-state index in [1.807, 2.05) is 60.9 Å². The van der Waals surface area contributed by atoms with E-state index in [9.17, 15) is 0 Å². The molecule has 0 atom stereocenters. The average Bonchev–Trinajstić information content (AvgIpc) is 2.61. The van der Waals surface area contributed by atoms with Crippen LogP contribution in [0.5, 0.6) is 0 Å². The zero-order chi connectivity index (χ0) is 15.0. The van der Waals surface area contributed by atoms with Gasteiger partial charge in [-0.15, -0.1) is 0 Å². The van der Waals surface area contributed by atoms with Crippen LogP contribution in [0, 0.1) is 0 Å². The van der Waals surface area contributed by atoms with Gasteiger partial charge >= 0.3 is 0 Å². The third-order valence-electron chi connectivity index (χ3n) is 3.30. The predicted octanol–water partition coefficient (Wildman–Crippen LogP) is 3.70. The third kappa shape index (κ3) is 3.82. The Morgan fingerprint density at radius 2 is 1.05 bits per heavy atom. The maximum Gasteiger partial charge on any atom is 0.0594 e. The molecule has 0 unspecified atom stereocenters. The summed E-state index contributed by atoms with van der Waals surface area (Å²) in [5.74, 6) is 0. The van der Waals surface area contributed by atoms with Crippen molar-refractivity contribution in [1.82, 2.24) is 9.97 Å². The lowest BCUT2D eigenvalue weighted by Crippen LogP contribution is -2.06. The monoisotopic (exact) mass is 290 g/mol. The molecule has 2 N–H and O–H groups in total. The standard InChI is InChI=1S/C18H18N4/c1-2-10-18(22-14-16-8-4-6-12-20-16)17(9-1)21-13-15-7-3-5-11-19-15/h1-12,21-22H,13-14H2. The molecule has 0 aliphatic carbocycles. The first kappa shape index (κ1) is 14.1. The topological polar surface area (TPSA) is 49.8 Å². The Balaban J connectivity index is 1.65. The fraction of sp³-hybridized carbons (Fsp3) is 0.111. The molecule has 22 heavy (non-hydrogen) atoms. The second-order valence-corrected chi connectivity index (χ2v) is 4.89. The van der Waals surface area contributed by atoms with Crippen molar-refractivity contribution < 1.29 is 0 Å². The number of pyridine rings is 2. The van der Waals surface area contributed by atoms with Crippen molar-refractivity contribution in [1.29, 1.82) is 0 Å². The summed E-state index contributed by atoms with van der Waals surface area (Å²) in [6.07, 6.45) is 3.62. The summed E-state index contributed by atoms with van der Waals surface area (Å²) in [6.45, 7) is 1.40. The Morgan fingerprint density at radius 3 is 1.45 bits per heavy atom. The number of anilines is 2. The van der Waals surface area contributed by atoms with Gasteiger partial charge in [0.2, 0.25) is 0 Å². The van der Waals surface area contributed by atoms with Gasteiger partial charge in [0.25, 0.3) is 0 Å². The first-order valence-corrected chi connectivity index (χ1v) is 7.28. The Hall–Kier alpha value is -2.88. The smallest absolute Gasteiger partial charge is 0.0594 e. The van der Waals surface area contributed by atoms with Crippen molar-refractivity contribution in [2.24, 2.45) is 0 Å². The molecule has 0 fully saturated rings. The number of nitrogens with zero attached hydrogens (tertiary/aromatic N) is 2. The molecule has 0 saturated carbocycles. The first-order valence-electron chi connectivity index (χ1n) is 7.28. The van der Waals surface area contributed by atoms with Crippen LogP contribution in [0.4, 0.5) is 11.4 Å². The van der Waals surface area contributed by atoms with E-state index in [1.54, 1.807) is 0 Å². The molecule has 2 aromatic heterocycles. The third-order valence-corrected chi connectivity index (χ3v) is 3.30. The average molecular weight is 290 g/mol. The molecular formula is C18H18N4. The Labute approximate surface area is 130 Å². The highest BCUT2D eigenvalue weighted by atomic mass is 15.0. The highest BCUT2D eigenvalue weighted by Crippen LogP contribution is 2.22. The van der Waals surface area contributed by atoms with E-state index in [-0.39, 0.29) is 0 Å².